The molecule has 0 unspecified atom stereocenters. The van der Waals surface area contributed by atoms with Crippen molar-refractivity contribution in [2.24, 2.45) is 0 Å². The molecule has 5 nitrogen and oxygen atoms in total. The summed E-state index contributed by atoms with van der Waals surface area (Å²) in [5.41, 5.74) is 5.03. The number of hydrogen-bond donors (Lipinski definition) is 0. The standard InChI is InChI=1S/C23H22N4O/c1-3-21-22(4-2)27(16-20-10-6-8-18(12-20)14-25)23(28)26(21)15-19-9-5-7-17(11-19)13-24/h5-12H,3-4,15-16H2,1-2H3. The Hall–Kier alpha value is -3.57. The van der Waals surface area contributed by atoms with Gasteiger partial charge >= 0.3 is 5.69 Å². The van der Waals surface area contributed by atoms with Gasteiger partial charge in [0, 0.05) is 11.4 Å². The third-order valence-corrected chi connectivity index (χ3v) is 4.91. The van der Waals surface area contributed by atoms with Crippen LogP contribution in [0.1, 0.15) is 47.5 Å². The van der Waals surface area contributed by atoms with Crippen molar-refractivity contribution < 1.29 is 0 Å². The van der Waals surface area contributed by atoms with E-state index >= 15 is 0 Å². The van der Waals surface area contributed by atoms with Crippen LogP contribution in [0.25, 0.3) is 0 Å². The molecule has 1 heterocycles. The van der Waals surface area contributed by atoms with E-state index in [0.29, 0.717) is 24.2 Å². The first-order valence-corrected chi connectivity index (χ1v) is 9.40. The van der Waals surface area contributed by atoms with E-state index in [0.717, 1.165) is 35.4 Å². The van der Waals surface area contributed by atoms with Crippen LogP contribution in [-0.2, 0) is 25.9 Å². The number of aromatic nitrogens is 2. The monoisotopic (exact) mass is 370 g/mol. The molecule has 1 aromatic heterocycles. The minimum atomic E-state index is -0.0570. The highest BCUT2D eigenvalue weighted by Gasteiger charge is 2.18. The lowest BCUT2D eigenvalue weighted by atomic mass is 10.1. The van der Waals surface area contributed by atoms with Gasteiger partial charge in [0.25, 0.3) is 0 Å². The fraction of sp³-hybridized carbons (Fsp3) is 0.261. The van der Waals surface area contributed by atoms with Crippen LogP contribution in [0.3, 0.4) is 0 Å². The Kier molecular flexibility index (Phi) is 5.77. The van der Waals surface area contributed by atoms with E-state index < -0.39 is 0 Å². The largest absolute Gasteiger partial charge is 0.329 e. The Balaban J connectivity index is 2.05. The van der Waals surface area contributed by atoms with E-state index in [1.807, 2.05) is 45.5 Å². The minimum Gasteiger partial charge on any atom is -0.292 e. The lowest BCUT2D eigenvalue weighted by molar-refractivity contribution is 0.664. The third kappa shape index (κ3) is 3.75. The van der Waals surface area contributed by atoms with E-state index in [-0.39, 0.29) is 5.69 Å². The van der Waals surface area contributed by atoms with Gasteiger partial charge in [0.15, 0.2) is 0 Å². The topological polar surface area (TPSA) is 74.5 Å². The summed E-state index contributed by atoms with van der Waals surface area (Å²) >= 11 is 0. The summed E-state index contributed by atoms with van der Waals surface area (Å²) in [5, 5.41) is 18.3. The van der Waals surface area contributed by atoms with E-state index in [9.17, 15) is 4.79 Å². The van der Waals surface area contributed by atoms with Crippen molar-refractivity contribution in [2.75, 3.05) is 0 Å². The number of hydrogen-bond acceptors (Lipinski definition) is 3. The molecule has 0 bridgehead atoms. The molecule has 0 saturated heterocycles. The van der Waals surface area contributed by atoms with Crippen LogP contribution in [0.2, 0.25) is 0 Å². The highest BCUT2D eigenvalue weighted by molar-refractivity contribution is 5.34. The summed E-state index contributed by atoms with van der Waals surface area (Å²) < 4.78 is 3.62. The fourth-order valence-electron chi connectivity index (χ4n) is 3.65. The molecule has 0 spiro atoms. The fourth-order valence-corrected chi connectivity index (χ4v) is 3.65. The summed E-state index contributed by atoms with van der Waals surface area (Å²) in [4.78, 5) is 13.2. The number of benzene rings is 2. The summed E-state index contributed by atoms with van der Waals surface area (Å²) in [5.74, 6) is 0. The second kappa shape index (κ2) is 8.41. The molecule has 0 amide bonds. The normalized spacial score (nSPS) is 10.4. The average molecular weight is 370 g/mol. The van der Waals surface area contributed by atoms with Crippen molar-refractivity contribution in [1.29, 1.82) is 10.5 Å². The van der Waals surface area contributed by atoms with Crippen LogP contribution in [0, 0.1) is 22.7 Å². The molecule has 28 heavy (non-hydrogen) atoms. The molecule has 0 fully saturated rings. The van der Waals surface area contributed by atoms with Gasteiger partial charge in [-0.1, -0.05) is 38.1 Å². The van der Waals surface area contributed by atoms with Crippen molar-refractivity contribution in [2.45, 2.75) is 39.8 Å². The Morgan fingerprint density at radius 1 is 0.786 bits per heavy atom. The molecular weight excluding hydrogens is 348 g/mol. The molecule has 140 valence electrons. The number of imidazole rings is 1. The molecule has 0 saturated carbocycles. The highest BCUT2D eigenvalue weighted by Crippen LogP contribution is 2.16. The molecule has 0 aliphatic carbocycles. The highest BCUT2D eigenvalue weighted by atomic mass is 16.1. The second-order valence-electron chi connectivity index (χ2n) is 6.68. The molecule has 5 heteroatoms. The Morgan fingerprint density at radius 3 is 1.57 bits per heavy atom. The van der Waals surface area contributed by atoms with Gasteiger partial charge in [-0.2, -0.15) is 10.5 Å². The number of nitriles is 2. The van der Waals surface area contributed by atoms with E-state index in [4.69, 9.17) is 10.5 Å². The maximum Gasteiger partial charge on any atom is 0.329 e. The third-order valence-electron chi connectivity index (χ3n) is 4.91. The Bertz CT molecular complexity index is 1050. The predicted molar refractivity (Wildman–Crippen MR) is 108 cm³/mol. The molecule has 0 aliphatic rings. The first-order valence-electron chi connectivity index (χ1n) is 9.40. The quantitative estimate of drug-likeness (QED) is 0.665. The summed E-state index contributed by atoms with van der Waals surface area (Å²) in [6.07, 6.45) is 1.50. The zero-order chi connectivity index (χ0) is 20.1. The zero-order valence-corrected chi connectivity index (χ0v) is 16.1. The number of rotatable bonds is 6. The smallest absolute Gasteiger partial charge is 0.292 e. The molecule has 3 rings (SSSR count). The van der Waals surface area contributed by atoms with Crippen molar-refractivity contribution in [1.82, 2.24) is 9.13 Å². The van der Waals surface area contributed by atoms with Crippen LogP contribution in [-0.4, -0.2) is 9.13 Å². The summed E-state index contributed by atoms with van der Waals surface area (Å²) in [6, 6.07) is 19.0. The molecule has 0 radical (unpaired) electrons. The molecule has 2 aromatic carbocycles. The first kappa shape index (κ1) is 19.2. The Morgan fingerprint density at radius 2 is 1.21 bits per heavy atom. The van der Waals surface area contributed by atoms with Gasteiger partial charge in [0.1, 0.15) is 0 Å². The van der Waals surface area contributed by atoms with E-state index in [1.54, 1.807) is 12.1 Å². The maximum absolute atomic E-state index is 13.2. The van der Waals surface area contributed by atoms with Crippen LogP contribution >= 0.6 is 0 Å². The zero-order valence-electron chi connectivity index (χ0n) is 16.1. The van der Waals surface area contributed by atoms with E-state index in [1.165, 1.54) is 0 Å². The van der Waals surface area contributed by atoms with Gasteiger partial charge in [0.2, 0.25) is 0 Å². The van der Waals surface area contributed by atoms with Gasteiger partial charge in [-0.3, -0.25) is 9.13 Å². The molecular formula is C23H22N4O. The lowest BCUT2D eigenvalue weighted by Crippen LogP contribution is -2.26. The molecule has 0 N–H and O–H groups in total. The van der Waals surface area contributed by atoms with Crippen LogP contribution in [0.5, 0.6) is 0 Å². The van der Waals surface area contributed by atoms with Crippen LogP contribution in [0.4, 0.5) is 0 Å². The first-order chi connectivity index (χ1) is 13.6. The molecule has 0 atom stereocenters. The van der Waals surface area contributed by atoms with Gasteiger partial charge in [0.05, 0.1) is 36.4 Å². The van der Waals surface area contributed by atoms with Crippen molar-refractivity contribution >= 4 is 0 Å². The van der Waals surface area contributed by atoms with Crippen LogP contribution < -0.4 is 5.69 Å². The Labute approximate surface area is 164 Å². The second-order valence-corrected chi connectivity index (χ2v) is 6.68. The molecule has 0 aliphatic heterocycles. The van der Waals surface area contributed by atoms with Crippen molar-refractivity contribution in [3.8, 4) is 12.1 Å². The van der Waals surface area contributed by atoms with Crippen molar-refractivity contribution in [3.05, 3.63) is 92.7 Å². The van der Waals surface area contributed by atoms with Gasteiger partial charge in [-0.05, 0) is 48.2 Å². The summed E-state index contributed by atoms with van der Waals surface area (Å²) in [7, 11) is 0. The summed E-state index contributed by atoms with van der Waals surface area (Å²) in [6.45, 7) is 4.99. The van der Waals surface area contributed by atoms with Gasteiger partial charge < -0.3 is 0 Å². The lowest BCUT2D eigenvalue weighted by Gasteiger charge is -2.08. The molecule has 3 aromatic rings. The van der Waals surface area contributed by atoms with Gasteiger partial charge in [-0.15, -0.1) is 0 Å². The minimum absolute atomic E-state index is 0.0570. The average Bonchev–Trinajstić information content (AvgIpc) is 2.98. The maximum atomic E-state index is 13.2. The number of nitrogens with zero attached hydrogens (tertiary/aromatic N) is 4. The van der Waals surface area contributed by atoms with Gasteiger partial charge in [-0.25, -0.2) is 4.79 Å². The van der Waals surface area contributed by atoms with E-state index in [2.05, 4.69) is 26.0 Å². The van der Waals surface area contributed by atoms with Crippen LogP contribution in [0.15, 0.2) is 53.3 Å². The van der Waals surface area contributed by atoms with Crippen molar-refractivity contribution in [3.63, 3.8) is 0 Å². The SMILES string of the molecule is CCc1c(CC)n(Cc2cccc(C#N)c2)c(=O)n1Cc1cccc(C#N)c1. The predicted octanol–water partition coefficient (Wildman–Crippen LogP) is 3.61.